The van der Waals surface area contributed by atoms with Gasteiger partial charge in [0.25, 0.3) is 5.91 Å². The zero-order valence-corrected chi connectivity index (χ0v) is 16.2. The van der Waals surface area contributed by atoms with Gasteiger partial charge in [-0.15, -0.1) is 0 Å². The van der Waals surface area contributed by atoms with Gasteiger partial charge in [-0.3, -0.25) is 9.69 Å². The summed E-state index contributed by atoms with van der Waals surface area (Å²) < 4.78 is 15.5. The van der Waals surface area contributed by atoms with Crippen LogP contribution in [0.5, 0.6) is 11.5 Å². The monoisotopic (exact) mass is 409 g/mol. The van der Waals surface area contributed by atoms with Gasteiger partial charge in [0.1, 0.15) is 6.54 Å². The van der Waals surface area contributed by atoms with E-state index in [9.17, 15) is 9.59 Å². The van der Waals surface area contributed by atoms with Gasteiger partial charge in [-0.05, 0) is 37.3 Å². The lowest BCUT2D eigenvalue weighted by molar-refractivity contribution is -0.152. The fourth-order valence-corrected chi connectivity index (χ4v) is 2.62. The van der Waals surface area contributed by atoms with Gasteiger partial charge in [0.2, 0.25) is 13.4 Å². The van der Waals surface area contributed by atoms with Crippen LogP contribution in [0.1, 0.15) is 12.5 Å². The second-order valence-electron chi connectivity index (χ2n) is 6.15. The van der Waals surface area contributed by atoms with Crippen molar-refractivity contribution in [2.75, 3.05) is 31.5 Å². The van der Waals surface area contributed by atoms with E-state index in [2.05, 4.69) is 5.16 Å². The van der Waals surface area contributed by atoms with E-state index in [-0.39, 0.29) is 13.3 Å². The summed E-state index contributed by atoms with van der Waals surface area (Å²) in [6.07, 6.45) is 0. The third-order valence-electron chi connectivity index (χ3n) is 4.13. The number of carbonyl (C=O) groups is 2. The molecule has 9 heteroatoms. The van der Waals surface area contributed by atoms with Gasteiger partial charge in [0.15, 0.2) is 18.1 Å². The van der Waals surface area contributed by atoms with Crippen molar-refractivity contribution in [2.45, 2.75) is 6.92 Å². The van der Waals surface area contributed by atoms with Crippen LogP contribution in [-0.2, 0) is 19.2 Å². The molecule has 9 nitrogen and oxygen atoms in total. The quantitative estimate of drug-likeness (QED) is 0.285. The first-order valence-electron chi connectivity index (χ1n) is 9.03. The Morgan fingerprint density at radius 3 is 2.67 bits per heavy atom. The largest absolute Gasteiger partial charge is 0.454 e. The molecule has 3 rings (SSSR count). The average molecular weight is 409 g/mol. The predicted octanol–water partition coefficient (Wildman–Crippen LogP) is 2.26. The van der Waals surface area contributed by atoms with Crippen molar-refractivity contribution in [1.29, 1.82) is 5.26 Å². The number of hydrogen-bond donors (Lipinski definition) is 0. The maximum atomic E-state index is 12.3. The minimum atomic E-state index is -0.754. The summed E-state index contributed by atoms with van der Waals surface area (Å²) in [5.74, 6) is -0.00586. The number of esters is 1. The lowest BCUT2D eigenvalue weighted by Crippen LogP contribution is -2.35. The number of hydrogen-bond acceptors (Lipinski definition) is 8. The van der Waals surface area contributed by atoms with Crippen molar-refractivity contribution in [2.24, 2.45) is 5.16 Å². The van der Waals surface area contributed by atoms with Crippen molar-refractivity contribution >= 4 is 23.3 Å². The summed E-state index contributed by atoms with van der Waals surface area (Å²) in [5, 5.41) is 12.8. The lowest BCUT2D eigenvalue weighted by atomic mass is 10.1. The molecule has 154 valence electrons. The molecule has 1 aliphatic rings. The molecule has 0 saturated carbocycles. The van der Waals surface area contributed by atoms with Crippen molar-refractivity contribution in [3.05, 3.63) is 54.1 Å². The van der Waals surface area contributed by atoms with Crippen LogP contribution in [0, 0.1) is 11.3 Å². The molecule has 0 saturated heterocycles. The van der Waals surface area contributed by atoms with Crippen LogP contribution in [0.25, 0.3) is 0 Å². The Hall–Kier alpha value is -4.06. The molecule has 2 aromatic carbocycles. The van der Waals surface area contributed by atoms with E-state index in [4.69, 9.17) is 24.3 Å². The number of amides is 1. The Morgan fingerprint density at radius 2 is 1.90 bits per heavy atom. The van der Waals surface area contributed by atoms with E-state index in [1.165, 1.54) is 4.90 Å². The van der Waals surface area contributed by atoms with Crippen molar-refractivity contribution in [1.82, 2.24) is 0 Å². The topological polar surface area (TPSA) is 110 Å². The van der Waals surface area contributed by atoms with Gasteiger partial charge in [0, 0.05) is 11.3 Å². The van der Waals surface area contributed by atoms with E-state index in [1.807, 2.05) is 6.07 Å². The highest BCUT2D eigenvalue weighted by atomic mass is 16.7. The van der Waals surface area contributed by atoms with Crippen LogP contribution < -0.4 is 14.4 Å². The number of benzene rings is 2. The number of ether oxygens (including phenoxy) is 3. The van der Waals surface area contributed by atoms with Crippen LogP contribution in [-0.4, -0.2) is 44.1 Å². The fourth-order valence-electron chi connectivity index (χ4n) is 2.62. The number of nitrogens with zero attached hydrogens (tertiary/aromatic N) is 3. The molecule has 0 spiro atoms. The Bertz CT molecular complexity index is 984. The summed E-state index contributed by atoms with van der Waals surface area (Å²) in [6.45, 7) is 0.760. The van der Waals surface area contributed by atoms with E-state index in [0.29, 0.717) is 22.9 Å². The summed E-state index contributed by atoms with van der Waals surface area (Å²) in [7, 11) is 0. The van der Waals surface area contributed by atoms with Crippen LogP contribution in [0.2, 0.25) is 0 Å². The predicted molar refractivity (Wildman–Crippen MR) is 106 cm³/mol. The van der Waals surface area contributed by atoms with Crippen LogP contribution in [0.15, 0.2) is 53.7 Å². The number of para-hydroxylation sites is 1. The highest BCUT2D eigenvalue weighted by molar-refractivity contribution is 5.99. The lowest BCUT2D eigenvalue weighted by Gasteiger charge is -2.19. The first-order valence-corrected chi connectivity index (χ1v) is 9.03. The molecule has 1 aliphatic heterocycles. The Kier molecular flexibility index (Phi) is 6.84. The van der Waals surface area contributed by atoms with Crippen LogP contribution in [0.4, 0.5) is 5.69 Å². The van der Waals surface area contributed by atoms with Gasteiger partial charge < -0.3 is 19.0 Å². The molecule has 30 heavy (non-hydrogen) atoms. The minimum Gasteiger partial charge on any atom is -0.454 e. The summed E-state index contributed by atoms with van der Waals surface area (Å²) in [4.78, 5) is 30.4. The van der Waals surface area contributed by atoms with Crippen molar-refractivity contribution in [3.63, 3.8) is 0 Å². The first kappa shape index (κ1) is 20.7. The molecule has 0 N–H and O–H groups in total. The molecule has 0 unspecified atom stereocenters. The third kappa shape index (κ3) is 5.26. The Morgan fingerprint density at radius 1 is 1.13 bits per heavy atom. The zero-order valence-electron chi connectivity index (χ0n) is 16.2. The van der Waals surface area contributed by atoms with E-state index in [1.54, 1.807) is 55.5 Å². The number of oxime groups is 1. The zero-order chi connectivity index (χ0) is 21.3. The van der Waals surface area contributed by atoms with Gasteiger partial charge in [-0.1, -0.05) is 23.4 Å². The Labute approximate surface area is 173 Å². The molecule has 0 fully saturated rings. The molecule has 1 heterocycles. The summed E-state index contributed by atoms with van der Waals surface area (Å²) >= 11 is 0. The normalized spacial score (nSPS) is 12.1. The molecule has 2 aromatic rings. The molecular formula is C21H19N3O6. The first-order chi connectivity index (χ1) is 14.6. The molecular weight excluding hydrogens is 390 g/mol. The number of fused-ring (bicyclic) bond motifs is 1. The number of anilines is 1. The van der Waals surface area contributed by atoms with Crippen molar-refractivity contribution in [3.8, 4) is 17.6 Å². The number of carbonyl (C=O) groups excluding carboxylic acids is 2. The van der Waals surface area contributed by atoms with Crippen molar-refractivity contribution < 1.29 is 28.6 Å². The molecule has 1 amide bonds. The van der Waals surface area contributed by atoms with Gasteiger partial charge in [-0.25, -0.2) is 4.79 Å². The molecule has 0 radical (unpaired) electrons. The molecule has 0 aromatic heterocycles. The number of nitriles is 1. The smallest absolute Gasteiger partial charge is 0.347 e. The third-order valence-corrected chi connectivity index (χ3v) is 4.13. The molecule has 0 atom stereocenters. The van der Waals surface area contributed by atoms with Crippen LogP contribution >= 0.6 is 0 Å². The van der Waals surface area contributed by atoms with E-state index in [0.717, 1.165) is 5.56 Å². The SMILES string of the molecule is C/C(=N\OCC(=O)OCC(=O)N(CC#N)c1ccccc1)c1ccc2c(c1)OCO2. The molecule has 0 aliphatic carbocycles. The minimum absolute atomic E-state index is 0.157. The maximum Gasteiger partial charge on any atom is 0.347 e. The fraction of sp³-hybridized carbons (Fsp3) is 0.238. The highest BCUT2D eigenvalue weighted by Gasteiger charge is 2.18. The molecule has 0 bridgehead atoms. The second kappa shape index (κ2) is 9.93. The Balaban J connectivity index is 1.48. The van der Waals surface area contributed by atoms with E-state index >= 15 is 0 Å². The van der Waals surface area contributed by atoms with Gasteiger partial charge in [-0.2, -0.15) is 5.26 Å². The second-order valence-corrected chi connectivity index (χ2v) is 6.15. The van der Waals surface area contributed by atoms with E-state index < -0.39 is 25.1 Å². The maximum absolute atomic E-state index is 12.3. The highest BCUT2D eigenvalue weighted by Crippen LogP contribution is 2.32. The standard InChI is InChI=1S/C21H19N3O6/c1-15(16-7-8-18-19(11-16)29-14-28-18)23-30-13-21(26)27-12-20(25)24(10-9-22)17-5-3-2-4-6-17/h2-8,11H,10,12-14H2,1H3/b23-15+. The van der Waals surface area contributed by atoms with Gasteiger partial charge >= 0.3 is 5.97 Å². The summed E-state index contributed by atoms with van der Waals surface area (Å²) in [6, 6.07) is 15.9. The summed E-state index contributed by atoms with van der Waals surface area (Å²) in [5.41, 5.74) is 1.82. The van der Waals surface area contributed by atoms with Gasteiger partial charge in [0.05, 0.1) is 11.8 Å². The average Bonchev–Trinajstić information content (AvgIpc) is 3.24. The van der Waals surface area contributed by atoms with Crippen LogP contribution in [0.3, 0.4) is 0 Å². The number of rotatable bonds is 8.